The Labute approximate surface area is 183 Å². The molecule has 3 rings (SSSR count). The number of nitriles is 1. The zero-order valence-electron chi connectivity index (χ0n) is 16.2. The van der Waals surface area contributed by atoms with E-state index in [0.717, 1.165) is 17.0 Å². The highest BCUT2D eigenvalue weighted by molar-refractivity contribution is 6.30. The lowest BCUT2D eigenvalue weighted by molar-refractivity contribution is 0.116. The number of alkyl halides is 4. The monoisotopic (exact) mass is 471 g/mol. The first-order chi connectivity index (χ1) is 15.2. The van der Waals surface area contributed by atoms with Crippen molar-refractivity contribution in [3.63, 3.8) is 0 Å². The van der Waals surface area contributed by atoms with Crippen LogP contribution in [-0.4, -0.2) is 35.0 Å². The molecule has 1 unspecified atom stereocenters. The minimum absolute atomic E-state index is 0.0669. The van der Waals surface area contributed by atoms with Gasteiger partial charge in [-0.25, -0.2) is 22.5 Å². The molecule has 0 radical (unpaired) electrons. The fraction of sp³-hybridized carbons (Fsp3) is 0.263. The topological polar surface area (TPSA) is 102 Å². The van der Waals surface area contributed by atoms with Crippen LogP contribution in [0.2, 0.25) is 5.02 Å². The standard InChI is InChI=1S/C19H14ClF4N5O3/c1-31-18-10(4-13(16(21)22)27-28-18)7-29-8-26-14(17(23)24)15(19(29)30)32-12-3-9(6-25)2-11(20)5-12/h2-5,8,13,16-17,27H,7H2,1H3. The lowest BCUT2D eigenvalue weighted by Crippen LogP contribution is -2.37. The first-order valence-electron chi connectivity index (χ1n) is 8.86. The van der Waals surface area contributed by atoms with Gasteiger partial charge >= 0.3 is 0 Å². The third kappa shape index (κ3) is 5.00. The van der Waals surface area contributed by atoms with Crippen LogP contribution in [-0.2, 0) is 11.3 Å². The van der Waals surface area contributed by atoms with Crippen molar-refractivity contribution in [2.24, 2.45) is 5.10 Å². The van der Waals surface area contributed by atoms with Crippen LogP contribution in [0.5, 0.6) is 11.5 Å². The van der Waals surface area contributed by atoms with Gasteiger partial charge in [0.1, 0.15) is 11.8 Å². The van der Waals surface area contributed by atoms with Crippen LogP contribution in [0.3, 0.4) is 0 Å². The molecule has 0 saturated heterocycles. The predicted octanol–water partition coefficient (Wildman–Crippen LogP) is 3.62. The van der Waals surface area contributed by atoms with Crippen LogP contribution < -0.4 is 15.7 Å². The molecule has 2 aromatic rings. The third-order valence-corrected chi connectivity index (χ3v) is 4.45. The minimum Gasteiger partial charge on any atom is -0.480 e. The van der Waals surface area contributed by atoms with E-state index >= 15 is 0 Å². The van der Waals surface area contributed by atoms with Gasteiger partial charge < -0.3 is 9.47 Å². The van der Waals surface area contributed by atoms with E-state index in [1.54, 1.807) is 0 Å². The summed E-state index contributed by atoms with van der Waals surface area (Å²) < 4.78 is 64.3. The summed E-state index contributed by atoms with van der Waals surface area (Å²) in [6, 6.07) is 4.14. The quantitative estimate of drug-likeness (QED) is 0.646. The number of rotatable bonds is 6. The molecule has 1 aromatic heterocycles. The molecule has 1 atom stereocenters. The maximum atomic E-state index is 13.5. The summed E-state index contributed by atoms with van der Waals surface area (Å²) in [4.78, 5) is 16.5. The molecule has 0 saturated carbocycles. The molecule has 0 spiro atoms. The van der Waals surface area contributed by atoms with Gasteiger partial charge in [0.15, 0.2) is 5.69 Å². The molecule has 1 N–H and O–H groups in total. The summed E-state index contributed by atoms with van der Waals surface area (Å²) in [6.07, 6.45) is -4.00. The van der Waals surface area contributed by atoms with E-state index in [4.69, 9.17) is 26.3 Å². The summed E-state index contributed by atoms with van der Waals surface area (Å²) in [5.41, 5.74) is 0.434. The molecular weight excluding hydrogens is 458 g/mol. The molecule has 0 aliphatic carbocycles. The fourth-order valence-corrected chi connectivity index (χ4v) is 3.02. The van der Waals surface area contributed by atoms with Crippen LogP contribution in [0.4, 0.5) is 17.6 Å². The highest BCUT2D eigenvalue weighted by atomic mass is 35.5. The van der Waals surface area contributed by atoms with E-state index in [9.17, 15) is 22.4 Å². The van der Waals surface area contributed by atoms with Crippen molar-refractivity contribution >= 4 is 17.5 Å². The van der Waals surface area contributed by atoms with Crippen LogP contribution in [0.1, 0.15) is 17.7 Å². The van der Waals surface area contributed by atoms with Gasteiger partial charge in [-0.15, -0.1) is 5.10 Å². The van der Waals surface area contributed by atoms with Crippen LogP contribution in [0.25, 0.3) is 0 Å². The van der Waals surface area contributed by atoms with Gasteiger partial charge in [0, 0.05) is 10.6 Å². The van der Waals surface area contributed by atoms with E-state index < -0.39 is 35.9 Å². The molecule has 32 heavy (non-hydrogen) atoms. The number of hydrogen-bond donors (Lipinski definition) is 1. The van der Waals surface area contributed by atoms with Crippen LogP contribution >= 0.6 is 11.6 Å². The number of nitrogens with zero attached hydrogens (tertiary/aromatic N) is 4. The molecule has 0 fully saturated rings. The van der Waals surface area contributed by atoms with Gasteiger partial charge in [0.25, 0.3) is 18.4 Å². The summed E-state index contributed by atoms with van der Waals surface area (Å²) in [5.74, 6) is -1.00. The van der Waals surface area contributed by atoms with Crippen LogP contribution in [0, 0.1) is 11.3 Å². The van der Waals surface area contributed by atoms with Crippen molar-refractivity contribution in [3.05, 3.63) is 62.8 Å². The molecular formula is C19H14ClF4N5O3. The number of hydrogen-bond acceptors (Lipinski definition) is 7. The van der Waals surface area contributed by atoms with Crippen molar-refractivity contribution in [3.8, 4) is 17.6 Å². The van der Waals surface area contributed by atoms with Gasteiger partial charge in [-0.05, 0) is 24.3 Å². The number of methoxy groups -OCH3 is 1. The number of ether oxygens (including phenoxy) is 2. The van der Waals surface area contributed by atoms with Gasteiger partial charge in [-0.3, -0.25) is 14.8 Å². The number of aromatic nitrogens is 2. The van der Waals surface area contributed by atoms with Gasteiger partial charge in [0.05, 0.1) is 31.6 Å². The first-order valence-corrected chi connectivity index (χ1v) is 9.23. The Morgan fingerprint density at radius 3 is 2.69 bits per heavy atom. The van der Waals surface area contributed by atoms with E-state index in [-0.39, 0.29) is 34.4 Å². The number of hydrazone groups is 1. The summed E-state index contributed by atoms with van der Waals surface area (Å²) in [7, 11) is 1.25. The van der Waals surface area contributed by atoms with Crippen molar-refractivity contribution in [2.75, 3.05) is 7.11 Å². The van der Waals surface area contributed by atoms with E-state index in [1.807, 2.05) is 6.07 Å². The normalized spacial score (nSPS) is 15.7. The largest absolute Gasteiger partial charge is 0.480 e. The molecule has 0 bridgehead atoms. The summed E-state index contributed by atoms with van der Waals surface area (Å²) in [5, 5.41) is 12.8. The van der Waals surface area contributed by atoms with Crippen LogP contribution in [0.15, 0.2) is 46.1 Å². The SMILES string of the molecule is COC1=NNC(C(F)F)C=C1Cn1cnc(C(F)F)c(Oc2cc(Cl)cc(C#N)c2)c1=O. The lowest BCUT2D eigenvalue weighted by Gasteiger charge is -2.21. The molecule has 8 nitrogen and oxygen atoms in total. The van der Waals surface area contributed by atoms with Gasteiger partial charge in [0.2, 0.25) is 11.6 Å². The third-order valence-electron chi connectivity index (χ3n) is 4.23. The highest BCUT2D eigenvalue weighted by Crippen LogP contribution is 2.30. The maximum Gasteiger partial charge on any atom is 0.297 e. The number of halogens is 5. The zero-order valence-corrected chi connectivity index (χ0v) is 17.0. The smallest absolute Gasteiger partial charge is 0.297 e. The van der Waals surface area contributed by atoms with Crippen molar-refractivity contribution in [1.29, 1.82) is 5.26 Å². The Morgan fingerprint density at radius 1 is 1.31 bits per heavy atom. The molecule has 13 heteroatoms. The highest BCUT2D eigenvalue weighted by Gasteiger charge is 2.27. The molecule has 0 amide bonds. The number of benzene rings is 1. The second-order valence-corrected chi connectivity index (χ2v) is 6.82. The molecule has 1 aliphatic rings. The maximum absolute atomic E-state index is 13.5. The van der Waals surface area contributed by atoms with E-state index in [1.165, 1.54) is 25.3 Å². The van der Waals surface area contributed by atoms with E-state index in [2.05, 4.69) is 15.5 Å². The van der Waals surface area contributed by atoms with Crippen molar-refractivity contribution in [1.82, 2.24) is 15.0 Å². The van der Waals surface area contributed by atoms with Crippen molar-refractivity contribution in [2.45, 2.75) is 25.4 Å². The molecule has 168 valence electrons. The first kappa shape index (κ1) is 23.1. The Bertz CT molecular complexity index is 1180. The minimum atomic E-state index is -3.15. The second-order valence-electron chi connectivity index (χ2n) is 6.38. The average molecular weight is 472 g/mol. The second kappa shape index (κ2) is 9.69. The van der Waals surface area contributed by atoms with Crippen molar-refractivity contribution < 1.29 is 27.0 Å². The Kier molecular flexibility index (Phi) is 6.99. The Balaban J connectivity index is 2.03. The van der Waals surface area contributed by atoms with Gasteiger partial charge in [-0.1, -0.05) is 11.6 Å². The Morgan fingerprint density at radius 2 is 2.06 bits per heavy atom. The number of nitrogens with one attached hydrogen (secondary N) is 1. The average Bonchev–Trinajstić information content (AvgIpc) is 2.75. The lowest BCUT2D eigenvalue weighted by atomic mass is 10.1. The molecule has 1 aromatic carbocycles. The van der Waals surface area contributed by atoms with Gasteiger partial charge in [-0.2, -0.15) is 5.26 Å². The molecule has 2 heterocycles. The molecule has 1 aliphatic heterocycles. The summed E-state index contributed by atoms with van der Waals surface area (Å²) >= 11 is 5.89. The summed E-state index contributed by atoms with van der Waals surface area (Å²) in [6.45, 7) is -0.359. The Hall–Kier alpha value is -3.59. The zero-order chi connectivity index (χ0) is 23.4. The van der Waals surface area contributed by atoms with E-state index in [0.29, 0.717) is 0 Å². The predicted molar refractivity (Wildman–Crippen MR) is 105 cm³/mol. The fourth-order valence-electron chi connectivity index (χ4n) is 2.79.